The highest BCUT2D eigenvalue weighted by molar-refractivity contribution is 5.78. The molecule has 2 heterocycles. The van der Waals surface area contributed by atoms with Crippen molar-refractivity contribution in [2.75, 3.05) is 13.2 Å². The van der Waals surface area contributed by atoms with Gasteiger partial charge in [0, 0.05) is 38.4 Å². The lowest BCUT2D eigenvalue weighted by atomic mass is 9.95. The van der Waals surface area contributed by atoms with Gasteiger partial charge in [0.1, 0.15) is 11.9 Å². The number of nitrogens with zero attached hydrogens (tertiary/aromatic N) is 2. The number of ether oxygens (including phenoxy) is 1. The second kappa shape index (κ2) is 9.35. The number of hydrogen-bond donors (Lipinski definition) is 0. The summed E-state index contributed by atoms with van der Waals surface area (Å²) in [6.45, 7) is 0.377. The van der Waals surface area contributed by atoms with Gasteiger partial charge in [0.15, 0.2) is 0 Å². The summed E-state index contributed by atoms with van der Waals surface area (Å²) in [6, 6.07) is 8.59. The first-order valence-electron chi connectivity index (χ1n) is 9.48. The molecule has 0 saturated carbocycles. The van der Waals surface area contributed by atoms with Gasteiger partial charge in [-0.25, -0.2) is 4.39 Å². The SMILES string of the molecule is O=C1CCCN1[C@@H](c1cccnc1)C(OCCCC(F)(F)F)c1ccc(F)cc1. The third-order valence-corrected chi connectivity index (χ3v) is 4.86. The molecule has 1 fully saturated rings. The van der Waals surface area contributed by atoms with E-state index in [-0.39, 0.29) is 18.9 Å². The lowest BCUT2D eigenvalue weighted by molar-refractivity contribution is -0.141. The van der Waals surface area contributed by atoms with Crippen molar-refractivity contribution in [1.29, 1.82) is 0 Å². The Bertz CT molecular complexity index is 797. The van der Waals surface area contributed by atoms with Gasteiger partial charge in [-0.2, -0.15) is 13.2 Å². The molecule has 0 spiro atoms. The molecule has 4 nitrogen and oxygen atoms in total. The number of alkyl halides is 3. The number of rotatable bonds is 8. The van der Waals surface area contributed by atoms with Crippen molar-refractivity contribution in [3.8, 4) is 0 Å². The topological polar surface area (TPSA) is 42.4 Å². The molecule has 0 aliphatic carbocycles. The number of pyridine rings is 1. The number of carbonyl (C=O) groups excluding carboxylic acids is 1. The highest BCUT2D eigenvalue weighted by Gasteiger charge is 2.36. The van der Waals surface area contributed by atoms with Crippen LogP contribution in [0.2, 0.25) is 0 Å². The van der Waals surface area contributed by atoms with Crippen LogP contribution in [0.5, 0.6) is 0 Å². The van der Waals surface area contributed by atoms with E-state index in [2.05, 4.69) is 4.98 Å². The third-order valence-electron chi connectivity index (χ3n) is 4.86. The monoisotopic (exact) mass is 410 g/mol. The van der Waals surface area contributed by atoms with Crippen molar-refractivity contribution in [1.82, 2.24) is 9.88 Å². The normalized spacial score (nSPS) is 16.8. The molecular weight excluding hydrogens is 388 g/mol. The highest BCUT2D eigenvalue weighted by atomic mass is 19.4. The van der Waals surface area contributed by atoms with Gasteiger partial charge in [-0.15, -0.1) is 0 Å². The van der Waals surface area contributed by atoms with Crippen LogP contribution in [-0.2, 0) is 9.53 Å². The highest BCUT2D eigenvalue weighted by Crippen LogP contribution is 2.39. The lowest BCUT2D eigenvalue weighted by Crippen LogP contribution is -2.35. The Morgan fingerprint density at radius 1 is 1.14 bits per heavy atom. The molecule has 29 heavy (non-hydrogen) atoms. The van der Waals surface area contributed by atoms with E-state index in [9.17, 15) is 22.4 Å². The second-order valence-electron chi connectivity index (χ2n) is 6.98. The molecule has 0 bridgehead atoms. The fourth-order valence-corrected chi connectivity index (χ4v) is 3.54. The fraction of sp³-hybridized carbons (Fsp3) is 0.429. The van der Waals surface area contributed by atoms with Gasteiger partial charge in [0.25, 0.3) is 0 Å². The number of amides is 1. The maximum absolute atomic E-state index is 13.4. The molecular formula is C21H22F4N2O2. The van der Waals surface area contributed by atoms with E-state index in [4.69, 9.17) is 4.74 Å². The molecule has 8 heteroatoms. The van der Waals surface area contributed by atoms with Crippen LogP contribution in [0.15, 0.2) is 48.8 Å². The van der Waals surface area contributed by atoms with Gasteiger partial charge in [-0.05, 0) is 42.2 Å². The largest absolute Gasteiger partial charge is 0.389 e. The molecule has 1 saturated heterocycles. The molecule has 156 valence electrons. The van der Waals surface area contributed by atoms with Crippen LogP contribution in [-0.4, -0.2) is 35.1 Å². The van der Waals surface area contributed by atoms with E-state index >= 15 is 0 Å². The summed E-state index contributed by atoms with van der Waals surface area (Å²) in [5, 5.41) is 0. The van der Waals surface area contributed by atoms with Crippen LogP contribution in [0.25, 0.3) is 0 Å². The van der Waals surface area contributed by atoms with E-state index in [0.717, 1.165) is 0 Å². The van der Waals surface area contributed by atoms with Gasteiger partial charge in [-0.3, -0.25) is 9.78 Å². The van der Waals surface area contributed by atoms with Gasteiger partial charge >= 0.3 is 6.18 Å². The van der Waals surface area contributed by atoms with Crippen molar-refractivity contribution in [3.63, 3.8) is 0 Å². The molecule has 1 aliphatic rings. The van der Waals surface area contributed by atoms with Crippen molar-refractivity contribution < 1.29 is 27.1 Å². The van der Waals surface area contributed by atoms with Crippen molar-refractivity contribution in [2.45, 2.75) is 44.0 Å². The first-order chi connectivity index (χ1) is 13.8. The number of benzene rings is 1. The first-order valence-corrected chi connectivity index (χ1v) is 9.48. The summed E-state index contributed by atoms with van der Waals surface area (Å²) in [7, 11) is 0. The van der Waals surface area contributed by atoms with Crippen molar-refractivity contribution in [2.24, 2.45) is 0 Å². The minimum atomic E-state index is -4.26. The van der Waals surface area contributed by atoms with Crippen molar-refractivity contribution in [3.05, 3.63) is 65.7 Å². The van der Waals surface area contributed by atoms with Crippen molar-refractivity contribution >= 4 is 5.91 Å². The molecule has 1 aliphatic heterocycles. The molecule has 1 aromatic heterocycles. The standard InChI is InChI=1S/C21H22F4N2O2/c22-17-8-6-15(7-9-17)20(29-13-3-10-21(23,24)25)19(16-4-1-11-26-14-16)27-12-2-5-18(27)28/h1,4,6-9,11,14,19-20H,2-3,5,10,12-13H2/t19-,20?/m0/s1. The average Bonchev–Trinajstić information content (AvgIpc) is 3.10. The molecule has 1 unspecified atom stereocenters. The fourth-order valence-electron chi connectivity index (χ4n) is 3.54. The molecule has 3 rings (SSSR count). The summed E-state index contributed by atoms with van der Waals surface area (Å²) in [6.07, 6.45) is -1.84. The summed E-state index contributed by atoms with van der Waals surface area (Å²) in [5.74, 6) is -0.482. The van der Waals surface area contributed by atoms with Gasteiger partial charge in [0.2, 0.25) is 5.91 Å². The predicted molar refractivity (Wildman–Crippen MR) is 98.3 cm³/mol. The number of likely N-dealkylation sites (tertiary alicyclic amines) is 1. The van der Waals surface area contributed by atoms with Gasteiger partial charge in [0.05, 0.1) is 6.04 Å². The van der Waals surface area contributed by atoms with E-state index in [1.807, 2.05) is 0 Å². The maximum Gasteiger partial charge on any atom is 0.389 e. The maximum atomic E-state index is 13.4. The van der Waals surface area contributed by atoms with Gasteiger partial charge < -0.3 is 9.64 Å². The Labute approximate surface area is 166 Å². The molecule has 0 radical (unpaired) electrons. The summed E-state index contributed by atoms with van der Waals surface area (Å²) >= 11 is 0. The van der Waals surface area contributed by atoms with E-state index in [0.29, 0.717) is 30.5 Å². The Morgan fingerprint density at radius 2 is 1.90 bits per heavy atom. The third kappa shape index (κ3) is 5.76. The van der Waals surface area contributed by atoms with Crippen LogP contribution >= 0.6 is 0 Å². The zero-order valence-corrected chi connectivity index (χ0v) is 15.7. The van der Waals surface area contributed by atoms with Crippen LogP contribution in [0, 0.1) is 5.82 Å². The minimum Gasteiger partial charge on any atom is -0.371 e. The zero-order chi connectivity index (χ0) is 20.9. The van der Waals surface area contributed by atoms with E-state index in [1.165, 1.54) is 24.3 Å². The number of hydrogen-bond acceptors (Lipinski definition) is 3. The summed E-state index contributed by atoms with van der Waals surface area (Å²) in [5.41, 5.74) is 1.31. The summed E-state index contributed by atoms with van der Waals surface area (Å²) < 4.78 is 56.9. The van der Waals surface area contributed by atoms with Crippen LogP contribution in [0.3, 0.4) is 0 Å². The minimum absolute atomic E-state index is 0.0511. The molecule has 1 amide bonds. The molecule has 2 aromatic rings. The van der Waals surface area contributed by atoms with E-state index < -0.39 is 30.6 Å². The molecule has 2 atom stereocenters. The van der Waals surface area contributed by atoms with Crippen LogP contribution < -0.4 is 0 Å². The Kier molecular flexibility index (Phi) is 6.84. The second-order valence-corrected chi connectivity index (χ2v) is 6.98. The smallest absolute Gasteiger partial charge is 0.371 e. The van der Waals surface area contributed by atoms with Gasteiger partial charge in [-0.1, -0.05) is 18.2 Å². The quantitative estimate of drug-likeness (QED) is 0.455. The lowest BCUT2D eigenvalue weighted by Gasteiger charge is -2.35. The Hall–Kier alpha value is -2.48. The average molecular weight is 410 g/mol. The van der Waals surface area contributed by atoms with E-state index in [1.54, 1.807) is 29.4 Å². The summed E-state index contributed by atoms with van der Waals surface area (Å²) in [4.78, 5) is 18.3. The Morgan fingerprint density at radius 3 is 2.48 bits per heavy atom. The number of aromatic nitrogens is 1. The molecule has 0 N–H and O–H groups in total. The Balaban J connectivity index is 1.91. The van der Waals surface area contributed by atoms with Crippen LogP contribution in [0.4, 0.5) is 17.6 Å². The zero-order valence-electron chi connectivity index (χ0n) is 15.7. The predicted octanol–water partition coefficient (Wildman–Crippen LogP) is 4.98. The first kappa shape index (κ1) is 21.2. The number of carbonyl (C=O) groups is 1. The van der Waals surface area contributed by atoms with Crippen LogP contribution in [0.1, 0.15) is 49.0 Å². The molecule has 1 aromatic carbocycles. The number of halogens is 4.